The minimum Gasteiger partial charge on any atom is -0.490 e. The minimum absolute atomic E-state index is 0.0371. The summed E-state index contributed by atoms with van der Waals surface area (Å²) in [5.41, 5.74) is 2.39. The van der Waals surface area contributed by atoms with E-state index in [2.05, 4.69) is 5.43 Å². The summed E-state index contributed by atoms with van der Waals surface area (Å²) in [5.74, 6) is -1.23. The summed E-state index contributed by atoms with van der Waals surface area (Å²) in [6, 6.07) is 11.1. The van der Waals surface area contributed by atoms with E-state index in [4.69, 9.17) is 4.74 Å². The molecule has 0 heterocycles. The van der Waals surface area contributed by atoms with Crippen LogP contribution >= 0.6 is 0 Å². The molecule has 0 aliphatic rings. The van der Waals surface area contributed by atoms with Crippen molar-refractivity contribution >= 4 is 17.5 Å². The molecule has 8 nitrogen and oxygen atoms in total. The molecule has 0 fully saturated rings. The maximum Gasteiger partial charge on any atom is 0.323 e. The lowest BCUT2D eigenvalue weighted by atomic mass is 10.1. The number of hydrazine groups is 1. The molecule has 2 aromatic carbocycles. The maximum atomic E-state index is 13.0. The number of nitrogens with zero attached hydrogens (tertiary/aromatic N) is 2. The smallest absolute Gasteiger partial charge is 0.323 e. The van der Waals surface area contributed by atoms with Crippen LogP contribution in [0.2, 0.25) is 0 Å². The zero-order chi connectivity index (χ0) is 21.1. The van der Waals surface area contributed by atoms with Crippen molar-refractivity contribution < 1.29 is 19.2 Å². The third kappa shape index (κ3) is 4.46. The Morgan fingerprint density at radius 1 is 1.14 bits per heavy atom. The van der Waals surface area contributed by atoms with E-state index in [0.717, 1.165) is 5.56 Å². The van der Waals surface area contributed by atoms with Crippen molar-refractivity contribution in [2.45, 2.75) is 33.2 Å². The molecule has 0 aliphatic heterocycles. The van der Waals surface area contributed by atoms with E-state index in [1.54, 1.807) is 39.0 Å². The standard InChI is InChI=1S/C20H23N3O5/c1-13-8-6-9-14(12-13)19(25)22(20(2,3)4)21-18(24)15-10-7-11-16(28-5)17(15)23(26)27/h6-12H,1-5H3,(H,21,24). The Balaban J connectivity index is 2.43. The summed E-state index contributed by atoms with van der Waals surface area (Å²) in [6.07, 6.45) is 0. The molecule has 2 rings (SSSR count). The van der Waals surface area contributed by atoms with Gasteiger partial charge in [-0.1, -0.05) is 23.8 Å². The average Bonchev–Trinajstić information content (AvgIpc) is 2.63. The fourth-order valence-electron chi connectivity index (χ4n) is 2.65. The fraction of sp³-hybridized carbons (Fsp3) is 0.300. The lowest BCUT2D eigenvalue weighted by Crippen LogP contribution is -2.56. The number of nitro benzene ring substituents is 1. The number of methoxy groups -OCH3 is 1. The van der Waals surface area contributed by atoms with Gasteiger partial charge in [0.1, 0.15) is 5.56 Å². The van der Waals surface area contributed by atoms with Gasteiger partial charge < -0.3 is 4.74 Å². The first kappa shape index (κ1) is 20.9. The van der Waals surface area contributed by atoms with Crippen LogP contribution in [0.4, 0.5) is 5.69 Å². The zero-order valence-electron chi connectivity index (χ0n) is 16.5. The first-order chi connectivity index (χ1) is 13.1. The number of nitrogens with one attached hydrogen (secondary N) is 1. The quantitative estimate of drug-likeness (QED) is 0.641. The summed E-state index contributed by atoms with van der Waals surface area (Å²) >= 11 is 0. The van der Waals surface area contributed by atoms with Crippen LogP contribution in [0.25, 0.3) is 0 Å². The van der Waals surface area contributed by atoms with Crippen molar-refractivity contribution in [3.8, 4) is 5.75 Å². The van der Waals surface area contributed by atoms with Crippen molar-refractivity contribution in [2.24, 2.45) is 0 Å². The van der Waals surface area contributed by atoms with Gasteiger partial charge in [-0.05, 0) is 52.0 Å². The summed E-state index contributed by atoms with van der Waals surface area (Å²) in [6.45, 7) is 7.11. The van der Waals surface area contributed by atoms with Crippen molar-refractivity contribution in [2.75, 3.05) is 7.11 Å². The summed E-state index contributed by atoms with van der Waals surface area (Å²) in [4.78, 5) is 36.6. The topological polar surface area (TPSA) is 102 Å². The lowest BCUT2D eigenvalue weighted by molar-refractivity contribution is -0.386. The number of para-hydroxylation sites is 1. The highest BCUT2D eigenvalue weighted by molar-refractivity contribution is 6.02. The second-order valence-corrected chi connectivity index (χ2v) is 7.24. The Kier molecular flexibility index (Phi) is 6.03. The van der Waals surface area contributed by atoms with Gasteiger partial charge in [0.15, 0.2) is 5.75 Å². The van der Waals surface area contributed by atoms with E-state index in [1.807, 2.05) is 13.0 Å². The largest absolute Gasteiger partial charge is 0.490 e. The molecular formula is C20H23N3O5. The van der Waals surface area contributed by atoms with Gasteiger partial charge in [-0.2, -0.15) is 0 Å². The molecule has 0 atom stereocenters. The fourth-order valence-corrected chi connectivity index (χ4v) is 2.65. The maximum absolute atomic E-state index is 13.0. The average molecular weight is 385 g/mol. The third-order valence-corrected chi connectivity index (χ3v) is 4.00. The van der Waals surface area contributed by atoms with Crippen LogP contribution < -0.4 is 10.2 Å². The van der Waals surface area contributed by atoms with Crippen LogP contribution in [0, 0.1) is 17.0 Å². The van der Waals surface area contributed by atoms with Crippen LogP contribution in [0.15, 0.2) is 42.5 Å². The van der Waals surface area contributed by atoms with Crippen molar-refractivity contribution in [1.82, 2.24) is 10.4 Å². The van der Waals surface area contributed by atoms with E-state index >= 15 is 0 Å². The SMILES string of the molecule is COc1cccc(C(=O)NN(C(=O)c2cccc(C)c2)C(C)(C)C)c1[N+](=O)[O-]. The van der Waals surface area contributed by atoms with Crippen LogP contribution in [-0.2, 0) is 0 Å². The van der Waals surface area contributed by atoms with Gasteiger partial charge in [0.05, 0.1) is 17.6 Å². The highest BCUT2D eigenvalue weighted by atomic mass is 16.6. The van der Waals surface area contributed by atoms with E-state index in [0.29, 0.717) is 5.56 Å². The molecule has 0 radical (unpaired) electrons. The number of carbonyl (C=O) groups excluding carboxylic acids is 2. The Labute approximate surface area is 163 Å². The van der Waals surface area contributed by atoms with E-state index in [1.165, 1.54) is 30.3 Å². The zero-order valence-corrected chi connectivity index (χ0v) is 16.5. The normalized spacial score (nSPS) is 10.9. The number of rotatable bonds is 4. The van der Waals surface area contributed by atoms with Gasteiger partial charge >= 0.3 is 5.69 Å². The Morgan fingerprint density at radius 2 is 1.79 bits per heavy atom. The van der Waals surface area contributed by atoms with E-state index in [9.17, 15) is 19.7 Å². The first-order valence-corrected chi connectivity index (χ1v) is 8.60. The van der Waals surface area contributed by atoms with Gasteiger partial charge in [-0.3, -0.25) is 25.1 Å². The van der Waals surface area contributed by atoms with Crippen LogP contribution in [0.5, 0.6) is 5.75 Å². The van der Waals surface area contributed by atoms with Crippen LogP contribution in [0.1, 0.15) is 47.1 Å². The lowest BCUT2D eigenvalue weighted by Gasteiger charge is -2.35. The monoisotopic (exact) mass is 385 g/mol. The molecule has 8 heteroatoms. The van der Waals surface area contributed by atoms with Crippen molar-refractivity contribution in [3.05, 3.63) is 69.3 Å². The molecule has 2 aromatic rings. The third-order valence-electron chi connectivity index (χ3n) is 4.00. The van der Waals surface area contributed by atoms with E-state index < -0.39 is 28.0 Å². The number of aryl methyl sites for hydroxylation is 1. The number of nitro groups is 1. The molecular weight excluding hydrogens is 362 g/mol. The molecule has 2 amide bonds. The number of hydrogen-bond acceptors (Lipinski definition) is 5. The highest BCUT2D eigenvalue weighted by Crippen LogP contribution is 2.30. The molecule has 0 bridgehead atoms. The molecule has 0 saturated carbocycles. The second-order valence-electron chi connectivity index (χ2n) is 7.24. The molecule has 0 aliphatic carbocycles. The highest BCUT2D eigenvalue weighted by Gasteiger charge is 2.32. The van der Waals surface area contributed by atoms with E-state index in [-0.39, 0.29) is 11.3 Å². The molecule has 28 heavy (non-hydrogen) atoms. The molecule has 0 spiro atoms. The number of ether oxygens (including phenoxy) is 1. The first-order valence-electron chi connectivity index (χ1n) is 8.60. The minimum atomic E-state index is -0.776. The summed E-state index contributed by atoms with van der Waals surface area (Å²) in [7, 11) is 1.28. The van der Waals surface area contributed by atoms with Crippen LogP contribution in [-0.4, -0.2) is 34.4 Å². The van der Waals surface area contributed by atoms with Crippen molar-refractivity contribution in [1.29, 1.82) is 0 Å². The Bertz CT molecular complexity index is 918. The van der Waals surface area contributed by atoms with Gasteiger partial charge in [0.2, 0.25) is 0 Å². The Hall–Kier alpha value is -3.42. The van der Waals surface area contributed by atoms with Crippen molar-refractivity contribution in [3.63, 3.8) is 0 Å². The molecule has 0 unspecified atom stereocenters. The molecule has 0 aromatic heterocycles. The van der Waals surface area contributed by atoms with Gasteiger partial charge in [0.25, 0.3) is 11.8 Å². The van der Waals surface area contributed by atoms with Crippen LogP contribution in [0.3, 0.4) is 0 Å². The van der Waals surface area contributed by atoms with Gasteiger partial charge in [-0.25, -0.2) is 5.01 Å². The predicted octanol–water partition coefficient (Wildman–Crippen LogP) is 3.50. The second kappa shape index (κ2) is 8.08. The Morgan fingerprint density at radius 3 is 2.32 bits per heavy atom. The summed E-state index contributed by atoms with van der Waals surface area (Å²) < 4.78 is 5.00. The summed E-state index contributed by atoms with van der Waals surface area (Å²) in [5, 5.41) is 12.6. The number of hydrogen-bond donors (Lipinski definition) is 1. The van der Waals surface area contributed by atoms with Gasteiger partial charge in [-0.15, -0.1) is 0 Å². The number of amides is 2. The molecule has 0 saturated heterocycles. The number of carbonyl (C=O) groups is 2. The number of benzene rings is 2. The molecule has 1 N–H and O–H groups in total. The molecule has 148 valence electrons. The predicted molar refractivity (Wildman–Crippen MR) is 104 cm³/mol. The van der Waals surface area contributed by atoms with Gasteiger partial charge in [0, 0.05) is 5.56 Å².